The molecule has 0 saturated carbocycles. The normalized spacial score (nSPS) is 16.9. The minimum atomic E-state index is -0.170. The summed E-state index contributed by atoms with van der Waals surface area (Å²) < 4.78 is 13.5. The highest BCUT2D eigenvalue weighted by molar-refractivity contribution is 6.27. The molecule has 0 aliphatic carbocycles. The van der Waals surface area contributed by atoms with E-state index in [2.05, 4.69) is 4.90 Å². The largest absolute Gasteiger partial charge is 0.339 e. The third kappa shape index (κ3) is 3.21. The van der Waals surface area contributed by atoms with E-state index >= 15 is 0 Å². The molecule has 0 aromatic heterocycles. The summed E-state index contributed by atoms with van der Waals surface area (Å²) in [5.41, 5.74) is 0.703. The van der Waals surface area contributed by atoms with Crippen molar-refractivity contribution < 1.29 is 9.18 Å². The van der Waals surface area contributed by atoms with E-state index in [0.717, 1.165) is 13.1 Å². The number of halogens is 2. The Bertz CT molecular complexity index is 419. The van der Waals surface area contributed by atoms with Crippen molar-refractivity contribution in [1.29, 1.82) is 0 Å². The van der Waals surface area contributed by atoms with Gasteiger partial charge in [-0.15, -0.1) is 11.6 Å². The molecule has 0 atom stereocenters. The van der Waals surface area contributed by atoms with Gasteiger partial charge in [-0.05, 0) is 6.07 Å². The van der Waals surface area contributed by atoms with E-state index in [1.165, 1.54) is 6.07 Å². The zero-order valence-electron chi connectivity index (χ0n) is 10.1. The number of carbonyl (C=O) groups is 1. The Morgan fingerprint density at radius 1 is 1.22 bits per heavy atom. The van der Waals surface area contributed by atoms with Gasteiger partial charge in [0.2, 0.25) is 5.91 Å². The fraction of sp³-hybridized carbons (Fsp3) is 0.462. The third-order valence-electron chi connectivity index (χ3n) is 3.19. The van der Waals surface area contributed by atoms with Gasteiger partial charge in [0.25, 0.3) is 0 Å². The Hall–Kier alpha value is -1.13. The number of hydrogen-bond donors (Lipinski definition) is 0. The molecule has 98 valence electrons. The van der Waals surface area contributed by atoms with Crippen LogP contribution in [-0.4, -0.2) is 47.8 Å². The molecule has 1 aromatic rings. The summed E-state index contributed by atoms with van der Waals surface area (Å²) in [5.74, 6) is -0.160. The maximum atomic E-state index is 13.5. The average Bonchev–Trinajstić information content (AvgIpc) is 2.41. The summed E-state index contributed by atoms with van der Waals surface area (Å²) in [4.78, 5) is 15.3. The van der Waals surface area contributed by atoms with Gasteiger partial charge in [-0.1, -0.05) is 18.2 Å². The maximum Gasteiger partial charge on any atom is 0.237 e. The molecule has 1 aliphatic heterocycles. The number of hydrogen-bond acceptors (Lipinski definition) is 2. The van der Waals surface area contributed by atoms with Crippen LogP contribution in [0.5, 0.6) is 0 Å². The summed E-state index contributed by atoms with van der Waals surface area (Å²) in [6.07, 6.45) is 0. The Morgan fingerprint density at radius 2 is 1.89 bits per heavy atom. The fourth-order valence-electron chi connectivity index (χ4n) is 2.11. The van der Waals surface area contributed by atoms with Crippen LogP contribution in [0.2, 0.25) is 0 Å². The van der Waals surface area contributed by atoms with Gasteiger partial charge in [0.15, 0.2) is 0 Å². The third-order valence-corrected chi connectivity index (χ3v) is 3.42. The lowest BCUT2D eigenvalue weighted by Crippen LogP contribution is -2.48. The Balaban J connectivity index is 1.87. The summed E-state index contributed by atoms with van der Waals surface area (Å²) in [6.45, 7) is 3.45. The van der Waals surface area contributed by atoms with Crippen molar-refractivity contribution in [3.05, 3.63) is 35.6 Å². The molecule has 5 heteroatoms. The molecular weight excluding hydrogens is 255 g/mol. The molecule has 1 aromatic carbocycles. The number of nitrogens with zero attached hydrogens (tertiary/aromatic N) is 2. The van der Waals surface area contributed by atoms with Gasteiger partial charge in [0.1, 0.15) is 11.7 Å². The van der Waals surface area contributed by atoms with E-state index in [0.29, 0.717) is 25.2 Å². The highest BCUT2D eigenvalue weighted by Crippen LogP contribution is 2.12. The summed E-state index contributed by atoms with van der Waals surface area (Å²) >= 11 is 5.52. The van der Waals surface area contributed by atoms with Crippen molar-refractivity contribution in [3.8, 4) is 0 Å². The summed E-state index contributed by atoms with van der Waals surface area (Å²) in [5, 5.41) is 0. The Labute approximate surface area is 111 Å². The van der Waals surface area contributed by atoms with Crippen LogP contribution in [0.1, 0.15) is 5.56 Å². The number of piperazine rings is 1. The lowest BCUT2D eigenvalue weighted by Gasteiger charge is -2.34. The molecule has 0 unspecified atom stereocenters. The van der Waals surface area contributed by atoms with E-state index in [1.807, 2.05) is 6.07 Å². The molecule has 2 rings (SSSR count). The fourth-order valence-corrected chi connectivity index (χ4v) is 2.28. The molecule has 1 aliphatic rings. The van der Waals surface area contributed by atoms with Crippen molar-refractivity contribution in [2.75, 3.05) is 32.1 Å². The highest BCUT2D eigenvalue weighted by Gasteiger charge is 2.20. The summed E-state index contributed by atoms with van der Waals surface area (Å²) in [6, 6.07) is 6.80. The second-order valence-electron chi connectivity index (χ2n) is 4.38. The van der Waals surface area contributed by atoms with Crippen LogP contribution in [-0.2, 0) is 11.3 Å². The smallest absolute Gasteiger partial charge is 0.237 e. The number of alkyl halides is 1. The lowest BCUT2D eigenvalue weighted by atomic mass is 10.2. The second-order valence-corrected chi connectivity index (χ2v) is 4.65. The van der Waals surface area contributed by atoms with Crippen LogP contribution in [0.3, 0.4) is 0 Å². The monoisotopic (exact) mass is 270 g/mol. The van der Waals surface area contributed by atoms with E-state index in [1.54, 1.807) is 17.0 Å². The minimum absolute atomic E-state index is 0.0257. The first-order chi connectivity index (χ1) is 8.70. The zero-order chi connectivity index (χ0) is 13.0. The van der Waals surface area contributed by atoms with Crippen molar-refractivity contribution in [2.24, 2.45) is 0 Å². The van der Waals surface area contributed by atoms with E-state index in [-0.39, 0.29) is 17.6 Å². The van der Waals surface area contributed by atoms with Gasteiger partial charge in [-0.2, -0.15) is 0 Å². The highest BCUT2D eigenvalue weighted by atomic mass is 35.5. The Kier molecular flexibility index (Phi) is 4.55. The lowest BCUT2D eigenvalue weighted by molar-refractivity contribution is -0.130. The predicted octanol–water partition coefficient (Wildman–Crippen LogP) is 1.71. The second kappa shape index (κ2) is 6.16. The molecule has 0 bridgehead atoms. The van der Waals surface area contributed by atoms with E-state index in [4.69, 9.17) is 11.6 Å². The van der Waals surface area contributed by atoms with Crippen molar-refractivity contribution in [1.82, 2.24) is 9.80 Å². The average molecular weight is 271 g/mol. The number of carbonyl (C=O) groups excluding carboxylic acids is 1. The summed E-state index contributed by atoms with van der Waals surface area (Å²) in [7, 11) is 0. The van der Waals surface area contributed by atoms with Gasteiger partial charge in [-0.3, -0.25) is 9.69 Å². The quantitative estimate of drug-likeness (QED) is 0.781. The molecule has 0 N–H and O–H groups in total. The van der Waals surface area contributed by atoms with Crippen LogP contribution in [0.4, 0.5) is 4.39 Å². The molecule has 1 fully saturated rings. The van der Waals surface area contributed by atoms with Gasteiger partial charge in [0, 0.05) is 38.3 Å². The van der Waals surface area contributed by atoms with Crippen molar-refractivity contribution >= 4 is 17.5 Å². The number of rotatable bonds is 3. The van der Waals surface area contributed by atoms with Gasteiger partial charge in [0.05, 0.1) is 0 Å². The van der Waals surface area contributed by atoms with E-state index in [9.17, 15) is 9.18 Å². The first kappa shape index (κ1) is 13.3. The first-order valence-corrected chi connectivity index (χ1v) is 6.53. The minimum Gasteiger partial charge on any atom is -0.339 e. The van der Waals surface area contributed by atoms with Crippen LogP contribution < -0.4 is 0 Å². The molecule has 1 amide bonds. The number of amides is 1. The SMILES string of the molecule is O=C(CCl)N1CCN(Cc2ccccc2F)CC1. The van der Waals surface area contributed by atoms with Crippen LogP contribution >= 0.6 is 11.6 Å². The molecule has 0 radical (unpaired) electrons. The topological polar surface area (TPSA) is 23.6 Å². The van der Waals surface area contributed by atoms with E-state index < -0.39 is 0 Å². The van der Waals surface area contributed by atoms with Gasteiger partial charge < -0.3 is 4.90 Å². The van der Waals surface area contributed by atoms with Crippen LogP contribution in [0.15, 0.2) is 24.3 Å². The predicted molar refractivity (Wildman–Crippen MR) is 69.0 cm³/mol. The molecule has 0 spiro atoms. The van der Waals surface area contributed by atoms with Gasteiger partial charge >= 0.3 is 0 Å². The first-order valence-electron chi connectivity index (χ1n) is 6.00. The van der Waals surface area contributed by atoms with Crippen LogP contribution in [0.25, 0.3) is 0 Å². The Morgan fingerprint density at radius 3 is 2.50 bits per heavy atom. The molecule has 1 saturated heterocycles. The zero-order valence-corrected chi connectivity index (χ0v) is 10.9. The maximum absolute atomic E-state index is 13.5. The van der Waals surface area contributed by atoms with Crippen LogP contribution in [0, 0.1) is 5.82 Å². The van der Waals surface area contributed by atoms with Crippen molar-refractivity contribution in [3.63, 3.8) is 0 Å². The molecule has 3 nitrogen and oxygen atoms in total. The number of benzene rings is 1. The molecule has 18 heavy (non-hydrogen) atoms. The standard InChI is InChI=1S/C13H16ClFN2O/c14-9-13(18)17-7-5-16(6-8-17)10-11-3-1-2-4-12(11)15/h1-4H,5-10H2. The molecular formula is C13H16ClFN2O. The molecule has 1 heterocycles. The van der Waals surface area contributed by atoms with Crippen molar-refractivity contribution in [2.45, 2.75) is 6.54 Å². The van der Waals surface area contributed by atoms with Gasteiger partial charge in [-0.25, -0.2) is 4.39 Å².